The SMILES string of the molecule is O=C(COC(=O)c1c2c(nc3ccccc13)/C(=C/c1cccc([N+](=O)[O-])c1)CCC2)Nc1ccon1. The Kier molecular flexibility index (Phi) is 6.23. The zero-order valence-corrected chi connectivity index (χ0v) is 19.0. The minimum atomic E-state index is -0.628. The van der Waals surface area contributed by atoms with Crippen molar-refractivity contribution in [2.45, 2.75) is 19.3 Å². The molecule has 0 atom stereocenters. The highest BCUT2D eigenvalue weighted by molar-refractivity contribution is 6.07. The molecule has 0 aliphatic heterocycles. The molecule has 0 radical (unpaired) electrons. The Bertz CT molecular complexity index is 1510. The number of ether oxygens (including phenoxy) is 1. The number of esters is 1. The fourth-order valence-electron chi connectivity index (χ4n) is 4.30. The van der Waals surface area contributed by atoms with Crippen LogP contribution < -0.4 is 5.32 Å². The van der Waals surface area contributed by atoms with Crippen LogP contribution in [0.2, 0.25) is 0 Å². The van der Waals surface area contributed by atoms with E-state index in [9.17, 15) is 19.7 Å². The molecule has 10 heteroatoms. The molecule has 10 nitrogen and oxygen atoms in total. The second kappa shape index (κ2) is 9.79. The Morgan fingerprint density at radius 2 is 2.00 bits per heavy atom. The molecule has 1 N–H and O–H groups in total. The van der Waals surface area contributed by atoms with Crippen molar-refractivity contribution in [3.63, 3.8) is 0 Å². The van der Waals surface area contributed by atoms with Crippen LogP contribution in [0.15, 0.2) is 65.4 Å². The minimum Gasteiger partial charge on any atom is -0.452 e. The first-order valence-electron chi connectivity index (χ1n) is 11.2. The summed E-state index contributed by atoms with van der Waals surface area (Å²) in [5.74, 6) is -0.953. The highest BCUT2D eigenvalue weighted by atomic mass is 16.6. The molecular weight excluding hydrogens is 464 g/mol. The number of nitrogens with zero attached hydrogens (tertiary/aromatic N) is 3. The molecule has 5 rings (SSSR count). The van der Waals surface area contributed by atoms with Gasteiger partial charge in [-0.15, -0.1) is 0 Å². The molecule has 36 heavy (non-hydrogen) atoms. The molecule has 1 aliphatic rings. The monoisotopic (exact) mass is 484 g/mol. The van der Waals surface area contributed by atoms with Gasteiger partial charge in [-0.2, -0.15) is 0 Å². The lowest BCUT2D eigenvalue weighted by atomic mass is 9.86. The van der Waals surface area contributed by atoms with Gasteiger partial charge in [0, 0.05) is 23.6 Å². The number of amides is 1. The summed E-state index contributed by atoms with van der Waals surface area (Å²) in [7, 11) is 0. The number of carbonyl (C=O) groups is 2. The largest absolute Gasteiger partial charge is 0.452 e. The van der Waals surface area contributed by atoms with Crippen molar-refractivity contribution in [2.24, 2.45) is 0 Å². The number of rotatable bonds is 6. The topological polar surface area (TPSA) is 137 Å². The Morgan fingerprint density at radius 1 is 1.14 bits per heavy atom. The summed E-state index contributed by atoms with van der Waals surface area (Å²) < 4.78 is 10.1. The van der Waals surface area contributed by atoms with Crippen molar-refractivity contribution < 1.29 is 23.8 Å². The molecule has 2 aromatic carbocycles. The van der Waals surface area contributed by atoms with Gasteiger partial charge < -0.3 is 14.6 Å². The van der Waals surface area contributed by atoms with E-state index in [1.807, 2.05) is 24.3 Å². The van der Waals surface area contributed by atoms with E-state index in [1.165, 1.54) is 24.5 Å². The highest BCUT2D eigenvalue weighted by Crippen LogP contribution is 2.36. The fourth-order valence-corrected chi connectivity index (χ4v) is 4.30. The summed E-state index contributed by atoms with van der Waals surface area (Å²) in [5.41, 5.74) is 3.93. The average molecular weight is 484 g/mol. The molecule has 0 spiro atoms. The molecule has 4 aromatic rings. The lowest BCUT2D eigenvalue weighted by molar-refractivity contribution is -0.384. The Balaban J connectivity index is 1.50. The number of carbonyl (C=O) groups excluding carboxylic acids is 2. The molecular formula is C26H20N4O6. The van der Waals surface area contributed by atoms with Crippen molar-refractivity contribution in [2.75, 3.05) is 11.9 Å². The summed E-state index contributed by atoms with van der Waals surface area (Å²) in [6.07, 6.45) is 5.26. The number of nitro groups is 1. The van der Waals surface area contributed by atoms with Gasteiger partial charge in [-0.05, 0) is 48.1 Å². The Hall–Kier alpha value is -4.86. The van der Waals surface area contributed by atoms with Crippen molar-refractivity contribution in [1.29, 1.82) is 0 Å². The number of hydrogen-bond acceptors (Lipinski definition) is 8. The smallest absolute Gasteiger partial charge is 0.339 e. The van der Waals surface area contributed by atoms with Crippen molar-refractivity contribution in [3.8, 4) is 0 Å². The van der Waals surface area contributed by atoms with Crippen LogP contribution in [0.5, 0.6) is 0 Å². The van der Waals surface area contributed by atoms with E-state index in [0.29, 0.717) is 40.6 Å². The maximum atomic E-state index is 13.3. The molecule has 0 fully saturated rings. The van der Waals surface area contributed by atoms with Gasteiger partial charge in [0.25, 0.3) is 11.6 Å². The minimum absolute atomic E-state index is 0.0000160. The zero-order chi connectivity index (χ0) is 25.1. The van der Waals surface area contributed by atoms with Gasteiger partial charge in [-0.1, -0.05) is 35.5 Å². The molecule has 2 heterocycles. The summed E-state index contributed by atoms with van der Waals surface area (Å²) >= 11 is 0. The van der Waals surface area contributed by atoms with Gasteiger partial charge in [-0.25, -0.2) is 9.78 Å². The number of non-ortho nitro benzene ring substituents is 1. The van der Waals surface area contributed by atoms with Crippen LogP contribution in [0.3, 0.4) is 0 Å². The lowest BCUT2D eigenvalue weighted by Gasteiger charge is -2.22. The number of fused-ring (bicyclic) bond motifs is 2. The van der Waals surface area contributed by atoms with Gasteiger partial charge in [-0.3, -0.25) is 14.9 Å². The zero-order valence-electron chi connectivity index (χ0n) is 19.0. The standard InChI is InChI=1S/C26H20N4O6/c31-23(28-22-11-12-36-29-22)15-35-26(32)24-19-8-1-2-10-21(19)27-25-17(6-4-9-20(24)25)13-16-5-3-7-18(14-16)30(33)34/h1-3,5,7-8,10-14H,4,6,9,15H2,(H,28,29,31)/b17-13+. The molecule has 0 bridgehead atoms. The number of pyridine rings is 1. The van der Waals surface area contributed by atoms with Gasteiger partial charge in [0.2, 0.25) is 0 Å². The predicted molar refractivity (Wildman–Crippen MR) is 131 cm³/mol. The summed E-state index contributed by atoms with van der Waals surface area (Å²) in [6, 6.07) is 15.1. The molecule has 1 aliphatic carbocycles. The average Bonchev–Trinajstić information content (AvgIpc) is 3.39. The van der Waals surface area contributed by atoms with Gasteiger partial charge >= 0.3 is 5.97 Å². The Labute approximate surface area is 204 Å². The van der Waals surface area contributed by atoms with Crippen LogP contribution in [-0.2, 0) is 16.0 Å². The number of aromatic nitrogens is 2. The van der Waals surface area contributed by atoms with E-state index in [4.69, 9.17) is 9.72 Å². The van der Waals surface area contributed by atoms with Crippen LogP contribution in [0, 0.1) is 10.1 Å². The fraction of sp³-hybridized carbons (Fsp3) is 0.154. The van der Waals surface area contributed by atoms with Crippen LogP contribution in [0.1, 0.15) is 40.0 Å². The van der Waals surface area contributed by atoms with Gasteiger partial charge in [0.05, 0.1) is 21.7 Å². The first-order chi connectivity index (χ1) is 17.5. The quantitative estimate of drug-likeness (QED) is 0.234. The van der Waals surface area contributed by atoms with Crippen molar-refractivity contribution in [1.82, 2.24) is 10.1 Å². The summed E-state index contributed by atoms with van der Waals surface area (Å²) in [5, 5.41) is 17.9. The molecule has 1 amide bonds. The number of nitro benzene ring substituents is 1. The van der Waals surface area contributed by atoms with E-state index in [1.54, 1.807) is 18.2 Å². The van der Waals surface area contributed by atoms with Crippen LogP contribution in [-0.4, -0.2) is 33.5 Å². The number of para-hydroxylation sites is 1. The van der Waals surface area contributed by atoms with Crippen LogP contribution >= 0.6 is 0 Å². The van der Waals surface area contributed by atoms with E-state index >= 15 is 0 Å². The Morgan fingerprint density at radius 3 is 2.81 bits per heavy atom. The van der Waals surface area contributed by atoms with E-state index in [2.05, 4.69) is 15.0 Å². The molecule has 0 saturated carbocycles. The van der Waals surface area contributed by atoms with E-state index < -0.39 is 23.4 Å². The third-order valence-electron chi connectivity index (χ3n) is 5.84. The second-order valence-corrected chi connectivity index (χ2v) is 8.22. The number of benzene rings is 2. The number of allylic oxidation sites excluding steroid dienone is 1. The maximum absolute atomic E-state index is 13.3. The van der Waals surface area contributed by atoms with Crippen LogP contribution in [0.4, 0.5) is 11.5 Å². The maximum Gasteiger partial charge on any atom is 0.339 e. The van der Waals surface area contributed by atoms with Gasteiger partial charge in [0.1, 0.15) is 6.26 Å². The first-order valence-corrected chi connectivity index (χ1v) is 11.2. The first kappa shape index (κ1) is 22.9. The predicted octanol–water partition coefficient (Wildman–Crippen LogP) is 4.80. The number of hydrogen-bond donors (Lipinski definition) is 1. The molecule has 0 unspecified atom stereocenters. The van der Waals surface area contributed by atoms with Gasteiger partial charge in [0.15, 0.2) is 12.4 Å². The second-order valence-electron chi connectivity index (χ2n) is 8.22. The van der Waals surface area contributed by atoms with Crippen LogP contribution in [0.25, 0.3) is 22.6 Å². The normalized spacial score (nSPS) is 13.8. The number of nitrogens with one attached hydrogen (secondary N) is 1. The lowest BCUT2D eigenvalue weighted by Crippen LogP contribution is -2.22. The van der Waals surface area contributed by atoms with E-state index in [0.717, 1.165) is 17.6 Å². The molecule has 180 valence electrons. The third kappa shape index (κ3) is 4.69. The molecule has 0 saturated heterocycles. The highest BCUT2D eigenvalue weighted by Gasteiger charge is 2.26. The third-order valence-corrected chi connectivity index (χ3v) is 5.84. The van der Waals surface area contributed by atoms with E-state index in [-0.39, 0.29) is 11.5 Å². The summed E-state index contributed by atoms with van der Waals surface area (Å²) in [4.78, 5) is 41.0. The van der Waals surface area contributed by atoms with Crippen molar-refractivity contribution in [3.05, 3.63) is 93.4 Å². The number of anilines is 1. The van der Waals surface area contributed by atoms with Crippen molar-refractivity contribution >= 4 is 45.9 Å². The summed E-state index contributed by atoms with van der Waals surface area (Å²) in [6.45, 7) is -0.493. The molecule has 2 aromatic heterocycles.